The van der Waals surface area contributed by atoms with Crippen molar-refractivity contribution in [3.05, 3.63) is 59.3 Å². The lowest BCUT2D eigenvalue weighted by atomic mass is 10.0. The first-order valence-electron chi connectivity index (χ1n) is 5.54. The first-order valence-corrected chi connectivity index (χ1v) is 5.54. The summed E-state index contributed by atoms with van der Waals surface area (Å²) in [6.07, 6.45) is 2.52. The van der Waals surface area contributed by atoms with Gasteiger partial charge in [0, 0.05) is 18.4 Å². The standard InChI is InChI=1S/C14H13FO2/c1-2-13(16)14-11(7-8-17-14)9-10-3-5-12(15)6-4-10/h3-8H,2,9H2,1H3. The van der Waals surface area contributed by atoms with Crippen molar-refractivity contribution in [3.63, 3.8) is 0 Å². The van der Waals surface area contributed by atoms with Crippen molar-refractivity contribution in [2.45, 2.75) is 19.8 Å². The van der Waals surface area contributed by atoms with Crippen molar-refractivity contribution >= 4 is 5.78 Å². The van der Waals surface area contributed by atoms with Crippen molar-refractivity contribution in [1.29, 1.82) is 0 Å². The number of halogens is 1. The molecule has 0 spiro atoms. The van der Waals surface area contributed by atoms with Gasteiger partial charge >= 0.3 is 0 Å². The molecule has 2 nitrogen and oxygen atoms in total. The van der Waals surface area contributed by atoms with Crippen LogP contribution in [-0.2, 0) is 6.42 Å². The fourth-order valence-corrected chi connectivity index (χ4v) is 1.70. The van der Waals surface area contributed by atoms with Gasteiger partial charge in [-0.2, -0.15) is 0 Å². The molecule has 17 heavy (non-hydrogen) atoms. The molecule has 0 amide bonds. The van der Waals surface area contributed by atoms with Crippen LogP contribution in [0.2, 0.25) is 0 Å². The van der Waals surface area contributed by atoms with E-state index in [1.165, 1.54) is 18.4 Å². The maximum atomic E-state index is 12.8. The van der Waals surface area contributed by atoms with Gasteiger partial charge in [0.1, 0.15) is 5.82 Å². The summed E-state index contributed by atoms with van der Waals surface area (Å²) in [5, 5.41) is 0. The second-order valence-electron chi connectivity index (χ2n) is 3.85. The number of hydrogen-bond donors (Lipinski definition) is 0. The molecule has 0 aliphatic carbocycles. The van der Waals surface area contributed by atoms with Crippen LogP contribution in [0.1, 0.15) is 35.0 Å². The predicted octanol–water partition coefficient (Wildman–Crippen LogP) is 3.60. The minimum absolute atomic E-state index is 0.00730. The third-order valence-corrected chi connectivity index (χ3v) is 2.63. The third-order valence-electron chi connectivity index (χ3n) is 2.63. The van der Waals surface area contributed by atoms with Gasteiger partial charge in [-0.25, -0.2) is 4.39 Å². The van der Waals surface area contributed by atoms with Crippen LogP contribution in [0.3, 0.4) is 0 Å². The van der Waals surface area contributed by atoms with Gasteiger partial charge in [-0.1, -0.05) is 19.1 Å². The predicted molar refractivity (Wildman–Crippen MR) is 62.5 cm³/mol. The van der Waals surface area contributed by atoms with Gasteiger partial charge in [0.2, 0.25) is 0 Å². The zero-order valence-electron chi connectivity index (χ0n) is 9.57. The second-order valence-corrected chi connectivity index (χ2v) is 3.85. The molecule has 2 aromatic rings. The molecule has 1 aromatic heterocycles. The maximum Gasteiger partial charge on any atom is 0.198 e. The molecule has 0 aliphatic rings. The van der Waals surface area contributed by atoms with Crippen LogP contribution < -0.4 is 0 Å². The Morgan fingerprint density at radius 2 is 1.94 bits per heavy atom. The molecule has 0 unspecified atom stereocenters. The first-order chi connectivity index (χ1) is 8.20. The Morgan fingerprint density at radius 3 is 2.59 bits per heavy atom. The smallest absolute Gasteiger partial charge is 0.198 e. The highest BCUT2D eigenvalue weighted by Gasteiger charge is 2.13. The van der Waals surface area contributed by atoms with E-state index in [9.17, 15) is 9.18 Å². The van der Waals surface area contributed by atoms with Crippen LogP contribution in [0.15, 0.2) is 41.0 Å². The van der Waals surface area contributed by atoms with Crippen molar-refractivity contribution in [3.8, 4) is 0 Å². The van der Waals surface area contributed by atoms with Gasteiger partial charge in [0.05, 0.1) is 6.26 Å². The zero-order chi connectivity index (χ0) is 12.3. The number of furan rings is 1. The quantitative estimate of drug-likeness (QED) is 0.754. The number of hydrogen-bond acceptors (Lipinski definition) is 2. The Balaban J connectivity index is 2.21. The average molecular weight is 232 g/mol. The molecule has 0 radical (unpaired) electrons. The summed E-state index contributed by atoms with van der Waals surface area (Å²) >= 11 is 0. The molecule has 0 aliphatic heterocycles. The van der Waals surface area contributed by atoms with E-state index in [-0.39, 0.29) is 11.6 Å². The lowest BCUT2D eigenvalue weighted by molar-refractivity contribution is 0.0960. The number of benzene rings is 1. The van der Waals surface area contributed by atoms with Crippen LogP contribution in [0.5, 0.6) is 0 Å². The Morgan fingerprint density at radius 1 is 1.24 bits per heavy atom. The molecule has 1 aromatic carbocycles. The van der Waals surface area contributed by atoms with Crippen LogP contribution in [-0.4, -0.2) is 5.78 Å². The van der Waals surface area contributed by atoms with E-state index in [0.29, 0.717) is 18.6 Å². The molecule has 2 rings (SSSR count). The number of Topliss-reactive ketones (excluding diaryl/α,β-unsaturated/α-hetero) is 1. The average Bonchev–Trinajstić information content (AvgIpc) is 2.79. The van der Waals surface area contributed by atoms with Crippen molar-refractivity contribution in [2.75, 3.05) is 0 Å². The Bertz CT molecular complexity index is 511. The summed E-state index contributed by atoms with van der Waals surface area (Å²) in [7, 11) is 0. The minimum Gasteiger partial charge on any atom is -0.461 e. The zero-order valence-corrected chi connectivity index (χ0v) is 9.57. The molecule has 0 saturated heterocycles. The summed E-state index contributed by atoms with van der Waals surface area (Å²) in [6.45, 7) is 1.80. The van der Waals surface area contributed by atoms with Gasteiger partial charge in [-0.05, 0) is 23.8 Å². The maximum absolute atomic E-state index is 12.8. The van der Waals surface area contributed by atoms with E-state index in [1.54, 1.807) is 25.1 Å². The molecule has 0 N–H and O–H groups in total. The largest absolute Gasteiger partial charge is 0.461 e. The number of carbonyl (C=O) groups excluding carboxylic acids is 1. The van der Waals surface area contributed by atoms with Gasteiger partial charge in [0.15, 0.2) is 11.5 Å². The van der Waals surface area contributed by atoms with Crippen molar-refractivity contribution < 1.29 is 13.6 Å². The monoisotopic (exact) mass is 232 g/mol. The van der Waals surface area contributed by atoms with E-state index in [1.807, 2.05) is 0 Å². The summed E-state index contributed by atoms with van der Waals surface area (Å²) in [5.41, 5.74) is 1.81. The van der Waals surface area contributed by atoms with Gasteiger partial charge in [-0.3, -0.25) is 4.79 Å². The third kappa shape index (κ3) is 2.61. The summed E-state index contributed by atoms with van der Waals surface area (Å²) in [4.78, 5) is 11.6. The lowest BCUT2D eigenvalue weighted by Crippen LogP contribution is -1.99. The highest BCUT2D eigenvalue weighted by Crippen LogP contribution is 2.17. The fraction of sp³-hybridized carbons (Fsp3) is 0.214. The van der Waals surface area contributed by atoms with Gasteiger partial charge in [0.25, 0.3) is 0 Å². The molecule has 3 heteroatoms. The molecule has 88 valence electrons. The Hall–Kier alpha value is -1.90. The summed E-state index contributed by atoms with van der Waals surface area (Å²) < 4.78 is 17.9. The Kier molecular flexibility index (Phi) is 3.38. The van der Waals surface area contributed by atoms with Gasteiger partial charge < -0.3 is 4.42 Å². The van der Waals surface area contributed by atoms with Crippen LogP contribution in [0.25, 0.3) is 0 Å². The topological polar surface area (TPSA) is 30.2 Å². The van der Waals surface area contributed by atoms with Crippen LogP contribution in [0.4, 0.5) is 4.39 Å². The van der Waals surface area contributed by atoms with Crippen molar-refractivity contribution in [2.24, 2.45) is 0 Å². The number of rotatable bonds is 4. The van der Waals surface area contributed by atoms with Crippen LogP contribution in [0, 0.1) is 5.82 Å². The van der Waals surface area contributed by atoms with E-state index in [0.717, 1.165) is 11.1 Å². The molecular formula is C14H13FO2. The molecule has 0 fully saturated rings. The summed E-state index contributed by atoms with van der Waals surface area (Å²) in [5.74, 6) is 0.148. The fourth-order valence-electron chi connectivity index (χ4n) is 1.70. The van der Waals surface area contributed by atoms with E-state index in [2.05, 4.69) is 0 Å². The molecular weight excluding hydrogens is 219 g/mol. The van der Waals surface area contributed by atoms with Crippen LogP contribution >= 0.6 is 0 Å². The number of carbonyl (C=O) groups is 1. The van der Waals surface area contributed by atoms with E-state index >= 15 is 0 Å². The number of ketones is 1. The normalized spacial score (nSPS) is 10.5. The van der Waals surface area contributed by atoms with E-state index in [4.69, 9.17) is 4.42 Å². The SMILES string of the molecule is CCC(=O)c1occc1Cc1ccc(F)cc1. The Labute approximate surface area is 99.1 Å². The first kappa shape index (κ1) is 11.6. The van der Waals surface area contributed by atoms with Gasteiger partial charge in [-0.15, -0.1) is 0 Å². The highest BCUT2D eigenvalue weighted by atomic mass is 19.1. The second kappa shape index (κ2) is 4.95. The molecule has 0 bridgehead atoms. The van der Waals surface area contributed by atoms with Crippen molar-refractivity contribution in [1.82, 2.24) is 0 Å². The molecule has 0 saturated carbocycles. The van der Waals surface area contributed by atoms with E-state index < -0.39 is 0 Å². The molecule has 0 atom stereocenters. The minimum atomic E-state index is -0.259. The molecule has 1 heterocycles. The lowest BCUT2D eigenvalue weighted by Gasteiger charge is -2.01. The summed E-state index contributed by atoms with van der Waals surface area (Å²) in [6, 6.07) is 8.03. The highest BCUT2D eigenvalue weighted by molar-refractivity contribution is 5.94.